The Bertz CT molecular complexity index is 1600. The van der Waals surface area contributed by atoms with Crippen molar-refractivity contribution in [2.45, 2.75) is 12.0 Å². The topological polar surface area (TPSA) is 179 Å². The van der Waals surface area contributed by atoms with Crippen molar-refractivity contribution in [2.24, 2.45) is 5.11 Å². The van der Waals surface area contributed by atoms with E-state index in [2.05, 4.69) is 15.0 Å². The maximum atomic E-state index is 13.9. The first-order valence-corrected chi connectivity index (χ1v) is 12.5. The molecule has 2 heterocycles. The van der Waals surface area contributed by atoms with Crippen LogP contribution < -0.4 is 5.73 Å². The summed E-state index contributed by atoms with van der Waals surface area (Å²) in [4.78, 5) is 31.7. The Labute approximate surface area is 216 Å². The van der Waals surface area contributed by atoms with Gasteiger partial charge in [0.15, 0.2) is 0 Å². The average molecular weight is 533 g/mol. The Morgan fingerprint density at radius 1 is 1.03 bits per heavy atom. The Morgan fingerprint density at radius 3 is 2.34 bits per heavy atom. The Balaban J connectivity index is 1.83. The summed E-state index contributed by atoms with van der Waals surface area (Å²) in [5.74, 6) is -0.731. The minimum Gasteiger partial charge on any atom is -0.456 e. The monoisotopic (exact) mass is 532 g/mol. The molecule has 2 N–H and O–H groups in total. The third-order valence-electron chi connectivity index (χ3n) is 5.31. The number of ether oxygens (including phenoxy) is 2. The summed E-state index contributed by atoms with van der Waals surface area (Å²) in [5.41, 5.74) is 13.3. The standard InChI is InChI=1S/C25H20N6O6S/c26-21-12-11-19(15-28-21)20-13-14-31(22(20)23(32)36-16-17-7-3-1-4-8-17)38(34,35)24(37-25(33)29-30-27)18-9-5-2-6-10-18/h1-15,24H,16H2,(H2,26,28). The van der Waals surface area contributed by atoms with Gasteiger partial charge in [0, 0.05) is 39.1 Å². The maximum absolute atomic E-state index is 13.9. The Morgan fingerprint density at radius 2 is 1.71 bits per heavy atom. The molecule has 1 unspecified atom stereocenters. The van der Waals surface area contributed by atoms with Crippen LogP contribution in [0.2, 0.25) is 0 Å². The summed E-state index contributed by atoms with van der Waals surface area (Å²) in [6.07, 6.45) is 1.05. The molecule has 12 nitrogen and oxygen atoms in total. The van der Waals surface area contributed by atoms with Gasteiger partial charge in [0.1, 0.15) is 18.1 Å². The van der Waals surface area contributed by atoms with Gasteiger partial charge in [-0.3, -0.25) is 0 Å². The van der Waals surface area contributed by atoms with Crippen LogP contribution in [0.15, 0.2) is 96.4 Å². The number of benzene rings is 2. The normalized spacial score (nSPS) is 11.7. The first-order valence-electron chi connectivity index (χ1n) is 11.0. The van der Waals surface area contributed by atoms with E-state index in [9.17, 15) is 18.0 Å². The number of nitrogen functional groups attached to an aromatic ring is 1. The number of hydrogen-bond acceptors (Lipinski definition) is 8. The predicted molar refractivity (Wildman–Crippen MR) is 137 cm³/mol. The van der Waals surface area contributed by atoms with Gasteiger partial charge in [0.2, 0.25) is 5.44 Å². The quantitative estimate of drug-likeness (QED) is 0.145. The van der Waals surface area contributed by atoms with Gasteiger partial charge < -0.3 is 15.2 Å². The lowest BCUT2D eigenvalue weighted by molar-refractivity contribution is 0.0465. The third-order valence-corrected chi connectivity index (χ3v) is 7.07. The molecular formula is C25H20N6O6S. The number of pyridine rings is 1. The van der Waals surface area contributed by atoms with Gasteiger partial charge in [0.25, 0.3) is 10.0 Å². The lowest BCUT2D eigenvalue weighted by Gasteiger charge is -2.20. The van der Waals surface area contributed by atoms with Gasteiger partial charge in [-0.05, 0) is 29.3 Å². The number of nitrogens with zero attached hydrogens (tertiary/aromatic N) is 5. The Hall–Kier alpha value is -5.13. The second-order valence-corrected chi connectivity index (χ2v) is 9.62. The van der Waals surface area contributed by atoms with E-state index in [1.807, 2.05) is 0 Å². The second kappa shape index (κ2) is 11.3. The zero-order chi connectivity index (χ0) is 27.1. The third kappa shape index (κ3) is 5.64. The van der Waals surface area contributed by atoms with Gasteiger partial charge in [-0.1, -0.05) is 60.7 Å². The van der Waals surface area contributed by atoms with Crippen molar-refractivity contribution in [3.05, 3.63) is 119 Å². The molecule has 192 valence electrons. The molecule has 4 aromatic rings. The van der Waals surface area contributed by atoms with Crippen molar-refractivity contribution in [2.75, 3.05) is 5.73 Å². The zero-order valence-electron chi connectivity index (χ0n) is 19.6. The van der Waals surface area contributed by atoms with Gasteiger partial charge in [0.05, 0.1) is 0 Å². The summed E-state index contributed by atoms with van der Waals surface area (Å²) < 4.78 is 38.9. The smallest absolute Gasteiger partial charge is 0.398 e. The molecule has 0 aliphatic carbocycles. The lowest BCUT2D eigenvalue weighted by atomic mass is 10.1. The fourth-order valence-electron chi connectivity index (χ4n) is 3.58. The van der Waals surface area contributed by atoms with Crippen molar-refractivity contribution < 1.29 is 27.5 Å². The highest BCUT2D eigenvalue weighted by molar-refractivity contribution is 7.90. The summed E-state index contributed by atoms with van der Waals surface area (Å²) >= 11 is 0. The number of rotatable bonds is 8. The molecule has 13 heteroatoms. The minimum atomic E-state index is -4.68. The molecule has 0 radical (unpaired) electrons. The van der Waals surface area contributed by atoms with E-state index < -0.39 is 27.5 Å². The molecule has 0 aliphatic rings. The van der Waals surface area contributed by atoms with Crippen molar-refractivity contribution in [3.63, 3.8) is 0 Å². The zero-order valence-corrected chi connectivity index (χ0v) is 20.4. The van der Waals surface area contributed by atoms with E-state index in [0.29, 0.717) is 15.1 Å². The molecule has 1 amide bonds. The number of azide groups is 1. The maximum Gasteiger partial charge on any atom is 0.398 e. The van der Waals surface area contributed by atoms with Gasteiger partial charge >= 0.3 is 12.1 Å². The van der Waals surface area contributed by atoms with Crippen LogP contribution in [0.3, 0.4) is 0 Å². The number of amides is 1. The van der Waals surface area contributed by atoms with E-state index in [0.717, 1.165) is 6.20 Å². The van der Waals surface area contributed by atoms with E-state index in [-0.39, 0.29) is 29.2 Å². The average Bonchev–Trinajstić information content (AvgIpc) is 3.38. The summed E-state index contributed by atoms with van der Waals surface area (Å²) in [6.45, 7) is -0.127. The highest BCUT2D eigenvalue weighted by Gasteiger charge is 2.36. The summed E-state index contributed by atoms with van der Waals surface area (Å²) in [7, 11) is -4.68. The van der Waals surface area contributed by atoms with Gasteiger partial charge in [-0.25, -0.2) is 27.0 Å². The first kappa shape index (κ1) is 25.9. The molecular weight excluding hydrogens is 512 g/mol. The summed E-state index contributed by atoms with van der Waals surface area (Å²) in [5, 5.41) is 2.81. The molecule has 0 bridgehead atoms. The van der Waals surface area contributed by atoms with Crippen LogP contribution in [0.1, 0.15) is 27.1 Å². The van der Waals surface area contributed by atoms with Gasteiger partial charge in [-0.2, -0.15) is 0 Å². The number of anilines is 1. The largest absolute Gasteiger partial charge is 0.456 e. The SMILES string of the molecule is [N-]=[N+]=NC(=O)OC(c1ccccc1)S(=O)(=O)n1ccc(-c2ccc(N)nc2)c1C(=O)OCc1ccccc1. The van der Waals surface area contributed by atoms with Gasteiger partial charge in [-0.15, -0.1) is 0 Å². The fourth-order valence-corrected chi connectivity index (χ4v) is 5.15. The number of esters is 1. The Kier molecular flexibility index (Phi) is 7.71. The fraction of sp³-hybridized carbons (Fsp3) is 0.0800. The molecule has 0 fully saturated rings. The minimum absolute atomic E-state index is 0.0574. The van der Waals surface area contributed by atoms with Crippen molar-refractivity contribution in [1.29, 1.82) is 0 Å². The number of carbonyl (C=O) groups excluding carboxylic acids is 2. The van der Waals surface area contributed by atoms with E-state index in [1.165, 1.54) is 42.6 Å². The van der Waals surface area contributed by atoms with Crippen LogP contribution in [0.4, 0.5) is 10.6 Å². The number of nitrogens with two attached hydrogens (primary N) is 1. The van der Waals surface area contributed by atoms with Crippen molar-refractivity contribution in [3.8, 4) is 11.1 Å². The highest BCUT2D eigenvalue weighted by Crippen LogP contribution is 2.33. The molecule has 0 spiro atoms. The molecule has 0 saturated carbocycles. The van der Waals surface area contributed by atoms with E-state index in [1.54, 1.807) is 42.5 Å². The molecule has 0 aliphatic heterocycles. The molecule has 4 rings (SSSR count). The van der Waals surface area contributed by atoms with E-state index in [4.69, 9.17) is 20.7 Å². The number of carbonyl (C=O) groups is 2. The van der Waals surface area contributed by atoms with E-state index >= 15 is 0 Å². The van der Waals surface area contributed by atoms with Crippen LogP contribution in [0.25, 0.3) is 21.6 Å². The lowest BCUT2D eigenvalue weighted by Crippen LogP contribution is -2.27. The van der Waals surface area contributed by atoms with Crippen molar-refractivity contribution >= 4 is 27.9 Å². The highest BCUT2D eigenvalue weighted by atomic mass is 32.2. The first-order chi connectivity index (χ1) is 18.3. The van der Waals surface area contributed by atoms with Crippen LogP contribution in [-0.4, -0.2) is 29.4 Å². The molecule has 38 heavy (non-hydrogen) atoms. The van der Waals surface area contributed by atoms with Crippen molar-refractivity contribution in [1.82, 2.24) is 8.96 Å². The number of aromatic nitrogens is 2. The molecule has 1 atom stereocenters. The molecule has 2 aromatic carbocycles. The van der Waals surface area contributed by atoms with Crippen LogP contribution in [0, 0.1) is 0 Å². The van der Waals surface area contributed by atoms with Crippen LogP contribution in [0.5, 0.6) is 0 Å². The molecule has 2 aromatic heterocycles. The number of hydrogen-bond donors (Lipinski definition) is 1. The van der Waals surface area contributed by atoms with Crippen LogP contribution in [-0.2, 0) is 26.1 Å². The van der Waals surface area contributed by atoms with Crippen LogP contribution >= 0.6 is 0 Å². The predicted octanol–water partition coefficient (Wildman–Crippen LogP) is 4.81. The molecule has 0 saturated heterocycles. The summed E-state index contributed by atoms with van der Waals surface area (Å²) in [6, 6.07) is 20.8. The second-order valence-electron chi connectivity index (χ2n) is 7.77.